The van der Waals surface area contributed by atoms with Gasteiger partial charge in [0.25, 0.3) is 0 Å². The van der Waals surface area contributed by atoms with E-state index in [1.54, 1.807) is 6.07 Å². The Morgan fingerprint density at radius 3 is 2.61 bits per heavy atom. The molecule has 0 fully saturated rings. The van der Waals surface area contributed by atoms with Crippen LogP contribution < -0.4 is 5.32 Å². The summed E-state index contributed by atoms with van der Waals surface area (Å²) in [6.45, 7) is 0.0518. The zero-order chi connectivity index (χ0) is 13.6. The summed E-state index contributed by atoms with van der Waals surface area (Å²) < 4.78 is 42.5. The number of ether oxygens (including phenoxy) is 1. The molecule has 6 heteroatoms. The number of carbonyl (C=O) groups excluding carboxylic acids is 1. The fourth-order valence-electron chi connectivity index (χ4n) is 1.53. The number of benzene rings is 1. The van der Waals surface area contributed by atoms with Crippen molar-refractivity contribution in [3.8, 4) is 0 Å². The average molecular weight is 261 g/mol. The summed E-state index contributed by atoms with van der Waals surface area (Å²) in [4.78, 5) is 11.1. The van der Waals surface area contributed by atoms with Gasteiger partial charge in [-0.15, -0.1) is 0 Å². The molecular formula is C12H14F3NO2. The van der Waals surface area contributed by atoms with Crippen molar-refractivity contribution in [1.29, 1.82) is 0 Å². The van der Waals surface area contributed by atoms with E-state index in [1.165, 1.54) is 19.2 Å². The predicted octanol–water partition coefficient (Wildman–Crippen LogP) is 2.01. The second-order valence-corrected chi connectivity index (χ2v) is 3.69. The van der Waals surface area contributed by atoms with E-state index in [2.05, 4.69) is 10.1 Å². The molecule has 0 spiro atoms. The number of rotatable bonds is 5. The Kier molecular flexibility index (Phi) is 5.15. The second kappa shape index (κ2) is 6.39. The van der Waals surface area contributed by atoms with Crippen LogP contribution in [0.25, 0.3) is 0 Å². The van der Waals surface area contributed by atoms with Gasteiger partial charge >= 0.3 is 6.18 Å². The second-order valence-electron chi connectivity index (χ2n) is 3.69. The van der Waals surface area contributed by atoms with Crippen LogP contribution in [-0.2, 0) is 22.1 Å². The smallest absolute Gasteiger partial charge is 0.375 e. The Morgan fingerprint density at radius 1 is 1.33 bits per heavy atom. The Balaban J connectivity index is 2.60. The molecule has 0 aliphatic carbocycles. The minimum Gasteiger partial charge on any atom is -0.375 e. The molecule has 18 heavy (non-hydrogen) atoms. The minimum atomic E-state index is -4.37. The lowest BCUT2D eigenvalue weighted by atomic mass is 10.0. The van der Waals surface area contributed by atoms with Gasteiger partial charge in [0.05, 0.1) is 5.56 Å². The molecule has 3 nitrogen and oxygen atoms in total. The van der Waals surface area contributed by atoms with Crippen LogP contribution in [0.3, 0.4) is 0 Å². The van der Waals surface area contributed by atoms with Gasteiger partial charge in [-0.2, -0.15) is 13.2 Å². The van der Waals surface area contributed by atoms with E-state index in [0.717, 1.165) is 6.07 Å². The Labute approximate surface area is 103 Å². The number of nitrogens with one attached hydrogen (secondary N) is 1. The summed E-state index contributed by atoms with van der Waals surface area (Å²) in [5, 5.41) is 2.48. The van der Waals surface area contributed by atoms with Crippen molar-refractivity contribution >= 4 is 5.91 Å². The molecule has 0 aliphatic heterocycles. The highest BCUT2D eigenvalue weighted by Gasteiger charge is 2.32. The number of amides is 1. The third-order valence-corrected chi connectivity index (χ3v) is 2.31. The lowest BCUT2D eigenvalue weighted by Crippen LogP contribution is -2.29. The Morgan fingerprint density at radius 2 is 2.00 bits per heavy atom. The monoisotopic (exact) mass is 261 g/mol. The van der Waals surface area contributed by atoms with Gasteiger partial charge in [-0.1, -0.05) is 18.2 Å². The van der Waals surface area contributed by atoms with Crippen LogP contribution in [0, 0.1) is 0 Å². The number of methoxy groups -OCH3 is 1. The van der Waals surface area contributed by atoms with Crippen LogP contribution >= 0.6 is 0 Å². The van der Waals surface area contributed by atoms with Gasteiger partial charge in [0.15, 0.2) is 0 Å². The first-order valence-corrected chi connectivity index (χ1v) is 5.36. The van der Waals surface area contributed by atoms with Gasteiger partial charge in [0, 0.05) is 13.7 Å². The standard InChI is InChI=1S/C12H14F3NO2/c1-18-8-11(17)16-7-6-9-4-2-3-5-10(9)12(13,14)15/h2-5H,6-8H2,1H3,(H,16,17). The topological polar surface area (TPSA) is 38.3 Å². The van der Waals surface area contributed by atoms with Crippen LogP contribution in [0.4, 0.5) is 13.2 Å². The normalized spacial score (nSPS) is 11.3. The molecule has 0 atom stereocenters. The van der Waals surface area contributed by atoms with Crippen LogP contribution in [-0.4, -0.2) is 26.2 Å². The van der Waals surface area contributed by atoms with Crippen LogP contribution in [0.5, 0.6) is 0 Å². The Hall–Kier alpha value is -1.56. The number of carbonyl (C=O) groups is 1. The zero-order valence-corrected chi connectivity index (χ0v) is 9.88. The molecule has 1 aromatic carbocycles. The molecule has 0 unspecified atom stereocenters. The van der Waals surface area contributed by atoms with Crippen molar-refractivity contribution in [2.45, 2.75) is 12.6 Å². The van der Waals surface area contributed by atoms with E-state index in [0.29, 0.717) is 0 Å². The van der Waals surface area contributed by atoms with Gasteiger partial charge in [-0.05, 0) is 18.1 Å². The predicted molar refractivity (Wildman–Crippen MR) is 60.0 cm³/mol. The summed E-state index contributed by atoms with van der Waals surface area (Å²) in [6, 6.07) is 5.33. The van der Waals surface area contributed by atoms with Crippen molar-refractivity contribution < 1.29 is 22.7 Å². The summed E-state index contributed by atoms with van der Waals surface area (Å²) >= 11 is 0. The van der Waals surface area contributed by atoms with E-state index in [4.69, 9.17) is 0 Å². The van der Waals surface area contributed by atoms with Crippen molar-refractivity contribution in [1.82, 2.24) is 5.32 Å². The first-order valence-electron chi connectivity index (χ1n) is 5.36. The van der Waals surface area contributed by atoms with Crippen LogP contribution in [0.1, 0.15) is 11.1 Å². The van der Waals surface area contributed by atoms with Gasteiger partial charge in [-0.3, -0.25) is 4.79 Å². The molecule has 0 aromatic heterocycles. The van der Waals surface area contributed by atoms with Crippen LogP contribution in [0.15, 0.2) is 24.3 Å². The lowest BCUT2D eigenvalue weighted by molar-refractivity contribution is -0.138. The van der Waals surface area contributed by atoms with E-state index in [1.807, 2.05) is 0 Å². The highest BCUT2D eigenvalue weighted by Crippen LogP contribution is 2.31. The molecule has 0 saturated carbocycles. The first-order chi connectivity index (χ1) is 8.45. The quantitative estimate of drug-likeness (QED) is 0.880. The average Bonchev–Trinajstić information content (AvgIpc) is 2.28. The third kappa shape index (κ3) is 4.37. The lowest BCUT2D eigenvalue weighted by Gasteiger charge is -2.12. The number of hydrogen-bond donors (Lipinski definition) is 1. The molecule has 0 aliphatic rings. The molecule has 100 valence electrons. The Bertz CT molecular complexity index is 405. The molecule has 1 aromatic rings. The molecule has 1 amide bonds. The summed E-state index contributed by atoms with van der Waals surface area (Å²) in [5.74, 6) is -0.345. The fraction of sp³-hybridized carbons (Fsp3) is 0.417. The van der Waals surface area contributed by atoms with Gasteiger partial charge in [0.2, 0.25) is 5.91 Å². The number of alkyl halides is 3. The molecule has 0 bridgehead atoms. The minimum absolute atomic E-state index is 0.0963. The highest BCUT2D eigenvalue weighted by molar-refractivity contribution is 5.77. The van der Waals surface area contributed by atoms with Crippen molar-refractivity contribution in [2.24, 2.45) is 0 Å². The van der Waals surface area contributed by atoms with E-state index >= 15 is 0 Å². The highest BCUT2D eigenvalue weighted by atomic mass is 19.4. The molecule has 1 rings (SSSR count). The molecule has 0 radical (unpaired) electrons. The number of hydrogen-bond acceptors (Lipinski definition) is 2. The largest absolute Gasteiger partial charge is 0.416 e. The maximum Gasteiger partial charge on any atom is 0.416 e. The van der Waals surface area contributed by atoms with E-state index in [9.17, 15) is 18.0 Å². The van der Waals surface area contributed by atoms with Gasteiger partial charge in [0.1, 0.15) is 6.61 Å². The van der Waals surface area contributed by atoms with Crippen LogP contribution in [0.2, 0.25) is 0 Å². The number of halogens is 3. The maximum absolute atomic E-state index is 12.6. The van der Waals surface area contributed by atoms with E-state index in [-0.39, 0.29) is 31.0 Å². The van der Waals surface area contributed by atoms with Gasteiger partial charge < -0.3 is 10.1 Å². The van der Waals surface area contributed by atoms with Crippen molar-refractivity contribution in [3.05, 3.63) is 35.4 Å². The molecule has 1 N–H and O–H groups in total. The fourth-order valence-corrected chi connectivity index (χ4v) is 1.53. The first kappa shape index (κ1) is 14.5. The molecule has 0 saturated heterocycles. The molecule has 0 heterocycles. The summed E-state index contributed by atoms with van der Waals surface area (Å²) in [7, 11) is 1.37. The maximum atomic E-state index is 12.6. The van der Waals surface area contributed by atoms with Crippen molar-refractivity contribution in [2.75, 3.05) is 20.3 Å². The zero-order valence-electron chi connectivity index (χ0n) is 9.88. The van der Waals surface area contributed by atoms with Crippen molar-refractivity contribution in [3.63, 3.8) is 0 Å². The molecular weight excluding hydrogens is 247 g/mol. The van der Waals surface area contributed by atoms with Gasteiger partial charge in [-0.25, -0.2) is 0 Å². The summed E-state index contributed by atoms with van der Waals surface area (Å²) in [5.41, 5.74) is -0.492. The summed E-state index contributed by atoms with van der Waals surface area (Å²) in [6.07, 6.45) is -4.24. The van der Waals surface area contributed by atoms with E-state index < -0.39 is 11.7 Å². The SMILES string of the molecule is COCC(=O)NCCc1ccccc1C(F)(F)F. The third-order valence-electron chi connectivity index (χ3n) is 2.31.